The number of aromatic nitrogens is 2. The third kappa shape index (κ3) is 3.81. The van der Waals surface area contributed by atoms with Crippen LogP contribution in [0.4, 0.5) is 5.69 Å². The SMILES string of the molecule is Cc1ccc(S(=O)(=O)[N-]c2c(C)n(C)n(-c3ccccc3)c2=O)cc1.[Na+]. The Kier molecular flexibility index (Phi) is 6.18. The van der Waals surface area contributed by atoms with E-state index in [9.17, 15) is 13.2 Å². The summed E-state index contributed by atoms with van der Waals surface area (Å²) in [6.07, 6.45) is 0. The van der Waals surface area contributed by atoms with Crippen LogP contribution in [0.2, 0.25) is 0 Å². The fraction of sp³-hybridized carbons (Fsp3) is 0.167. The Morgan fingerprint density at radius 3 is 2.08 bits per heavy atom. The molecule has 130 valence electrons. The Bertz CT molecular complexity index is 1070. The first-order chi connectivity index (χ1) is 11.8. The van der Waals surface area contributed by atoms with Crippen molar-refractivity contribution in [3.05, 3.63) is 80.9 Å². The molecule has 0 fully saturated rings. The Morgan fingerprint density at radius 1 is 0.923 bits per heavy atom. The maximum Gasteiger partial charge on any atom is 1.00 e. The van der Waals surface area contributed by atoms with Crippen molar-refractivity contribution in [1.29, 1.82) is 0 Å². The van der Waals surface area contributed by atoms with Crippen molar-refractivity contribution in [2.75, 3.05) is 0 Å². The van der Waals surface area contributed by atoms with Crippen LogP contribution in [0.25, 0.3) is 10.4 Å². The van der Waals surface area contributed by atoms with E-state index < -0.39 is 15.6 Å². The van der Waals surface area contributed by atoms with Gasteiger partial charge < -0.3 is 4.72 Å². The quantitative estimate of drug-likeness (QED) is 0.608. The van der Waals surface area contributed by atoms with Crippen molar-refractivity contribution in [2.24, 2.45) is 7.05 Å². The largest absolute Gasteiger partial charge is 1.00 e. The van der Waals surface area contributed by atoms with E-state index in [1.54, 1.807) is 42.9 Å². The zero-order valence-electron chi connectivity index (χ0n) is 15.2. The van der Waals surface area contributed by atoms with Gasteiger partial charge in [0, 0.05) is 12.7 Å². The summed E-state index contributed by atoms with van der Waals surface area (Å²) in [5.74, 6) is 0. The van der Waals surface area contributed by atoms with E-state index in [4.69, 9.17) is 0 Å². The van der Waals surface area contributed by atoms with E-state index in [1.165, 1.54) is 16.8 Å². The first kappa shape index (κ1) is 20.5. The van der Waals surface area contributed by atoms with Gasteiger partial charge >= 0.3 is 29.6 Å². The van der Waals surface area contributed by atoms with E-state index in [1.807, 2.05) is 25.1 Å². The Morgan fingerprint density at radius 2 is 1.50 bits per heavy atom. The molecule has 2 aromatic carbocycles. The molecule has 0 N–H and O–H groups in total. The van der Waals surface area contributed by atoms with Gasteiger partial charge in [-0.3, -0.25) is 9.48 Å². The van der Waals surface area contributed by atoms with Crippen LogP contribution in [0, 0.1) is 13.8 Å². The molecule has 0 radical (unpaired) electrons. The summed E-state index contributed by atoms with van der Waals surface area (Å²) in [4.78, 5) is 12.8. The van der Waals surface area contributed by atoms with Gasteiger partial charge in [-0.25, -0.2) is 13.1 Å². The van der Waals surface area contributed by atoms with Crippen molar-refractivity contribution >= 4 is 15.7 Å². The number of rotatable bonds is 4. The third-order valence-electron chi connectivity index (χ3n) is 4.05. The van der Waals surface area contributed by atoms with E-state index in [-0.39, 0.29) is 40.1 Å². The Balaban J connectivity index is 0.00000243. The first-order valence-corrected chi connectivity index (χ1v) is 9.14. The predicted molar refractivity (Wildman–Crippen MR) is 97.1 cm³/mol. The molecule has 26 heavy (non-hydrogen) atoms. The molecular weight excluding hydrogens is 361 g/mol. The molecule has 0 bridgehead atoms. The van der Waals surface area contributed by atoms with E-state index in [2.05, 4.69) is 4.72 Å². The molecular formula is C18H18N3NaO3S. The molecule has 0 amide bonds. The van der Waals surface area contributed by atoms with Crippen molar-refractivity contribution < 1.29 is 38.0 Å². The maximum absolute atomic E-state index is 12.8. The molecule has 3 rings (SSSR count). The fourth-order valence-electron chi connectivity index (χ4n) is 2.54. The van der Waals surface area contributed by atoms with Gasteiger partial charge in [-0.2, -0.15) is 0 Å². The average Bonchev–Trinajstić information content (AvgIpc) is 2.79. The minimum atomic E-state index is -3.96. The van der Waals surface area contributed by atoms with Gasteiger partial charge in [0.25, 0.3) is 5.56 Å². The van der Waals surface area contributed by atoms with Gasteiger partial charge in [-0.05, 0) is 43.8 Å². The Labute approximate surface area is 174 Å². The van der Waals surface area contributed by atoms with Crippen molar-refractivity contribution in [1.82, 2.24) is 9.36 Å². The van der Waals surface area contributed by atoms with Gasteiger partial charge in [-0.1, -0.05) is 35.9 Å². The van der Waals surface area contributed by atoms with Crippen LogP contribution in [-0.4, -0.2) is 17.8 Å². The van der Waals surface area contributed by atoms with Gasteiger partial charge in [-0.15, -0.1) is 0 Å². The number of aryl methyl sites for hydroxylation is 1. The summed E-state index contributed by atoms with van der Waals surface area (Å²) in [6.45, 7) is 3.54. The summed E-state index contributed by atoms with van der Waals surface area (Å²) in [5.41, 5.74) is 1.52. The molecule has 8 heteroatoms. The van der Waals surface area contributed by atoms with E-state index in [0.29, 0.717) is 11.4 Å². The number of nitrogens with zero attached hydrogens (tertiary/aromatic N) is 3. The second-order valence-electron chi connectivity index (χ2n) is 5.79. The number of para-hydroxylation sites is 1. The molecule has 0 saturated heterocycles. The molecule has 1 heterocycles. The van der Waals surface area contributed by atoms with Crippen molar-refractivity contribution in [2.45, 2.75) is 18.7 Å². The first-order valence-electron chi connectivity index (χ1n) is 7.70. The van der Waals surface area contributed by atoms with Crippen LogP contribution in [0.1, 0.15) is 11.3 Å². The molecule has 0 aliphatic rings. The molecule has 0 unspecified atom stereocenters. The summed E-state index contributed by atoms with van der Waals surface area (Å²) in [5, 5.41) is 0. The zero-order valence-corrected chi connectivity index (χ0v) is 18.0. The van der Waals surface area contributed by atoms with Crippen LogP contribution in [-0.2, 0) is 17.1 Å². The maximum atomic E-state index is 12.8. The van der Waals surface area contributed by atoms with Gasteiger partial charge in [0.2, 0.25) is 0 Å². The smallest absolute Gasteiger partial charge is 0.567 e. The second kappa shape index (κ2) is 7.84. The number of benzene rings is 2. The minimum Gasteiger partial charge on any atom is -0.567 e. The van der Waals surface area contributed by atoms with Gasteiger partial charge in [0.1, 0.15) is 10.0 Å². The molecule has 0 saturated carbocycles. The summed E-state index contributed by atoms with van der Waals surface area (Å²) in [7, 11) is -2.27. The standard InChI is InChI=1S/C18H18N3O3S.Na/c1-13-9-11-16(12-10-13)25(23,24)19-17-14(2)20(3)21(18(17)22)15-7-5-4-6-8-15;/h4-12H,1-3H3;/q-1;+1. The number of sulfonamides is 1. The zero-order chi connectivity index (χ0) is 18.2. The Hall–Kier alpha value is -1.80. The number of hydrogen-bond acceptors (Lipinski definition) is 3. The molecule has 0 atom stereocenters. The second-order valence-corrected chi connectivity index (χ2v) is 7.39. The predicted octanol–water partition coefficient (Wildman–Crippen LogP) is 0.191. The van der Waals surface area contributed by atoms with Gasteiger partial charge in [0.15, 0.2) is 0 Å². The molecule has 6 nitrogen and oxygen atoms in total. The van der Waals surface area contributed by atoms with Crippen LogP contribution in [0.5, 0.6) is 0 Å². The summed E-state index contributed by atoms with van der Waals surface area (Å²) in [6, 6.07) is 15.4. The minimum absolute atomic E-state index is 0. The van der Waals surface area contributed by atoms with Crippen LogP contribution in [0.15, 0.2) is 64.3 Å². The van der Waals surface area contributed by atoms with Crippen molar-refractivity contribution in [3.63, 3.8) is 0 Å². The fourth-order valence-corrected chi connectivity index (χ4v) is 3.58. The monoisotopic (exact) mass is 379 g/mol. The molecule has 0 aliphatic carbocycles. The van der Waals surface area contributed by atoms with Crippen LogP contribution < -0.4 is 35.1 Å². The molecule has 0 spiro atoms. The van der Waals surface area contributed by atoms with Crippen LogP contribution >= 0.6 is 0 Å². The average molecular weight is 379 g/mol. The van der Waals surface area contributed by atoms with Gasteiger partial charge in [0.05, 0.1) is 10.6 Å². The van der Waals surface area contributed by atoms with Crippen molar-refractivity contribution in [3.8, 4) is 5.69 Å². The number of hydrogen-bond donors (Lipinski definition) is 0. The topological polar surface area (TPSA) is 75.2 Å². The van der Waals surface area contributed by atoms with Crippen LogP contribution in [0.3, 0.4) is 0 Å². The normalized spacial score (nSPS) is 11.0. The third-order valence-corrected chi connectivity index (χ3v) is 5.34. The molecule has 1 aromatic heterocycles. The summed E-state index contributed by atoms with van der Waals surface area (Å²) < 4.78 is 31.9. The van der Waals surface area contributed by atoms with E-state index in [0.717, 1.165) is 5.56 Å². The summed E-state index contributed by atoms with van der Waals surface area (Å²) >= 11 is 0. The molecule has 3 aromatic rings. The molecule has 0 aliphatic heterocycles. The van der Waals surface area contributed by atoms with E-state index >= 15 is 0 Å².